The molecule has 1 unspecified atom stereocenters. The van der Waals surface area contributed by atoms with Gasteiger partial charge in [-0.3, -0.25) is 0 Å². The smallest absolute Gasteiger partial charge is 0.127 e. The molecule has 1 aliphatic heterocycles. The largest absolute Gasteiger partial charge is 0.493 e. The first kappa shape index (κ1) is 14.2. The molecule has 0 N–H and O–H groups in total. The van der Waals surface area contributed by atoms with Crippen LogP contribution in [0.2, 0.25) is 10.0 Å². The molecule has 4 heteroatoms. The summed E-state index contributed by atoms with van der Waals surface area (Å²) in [5.74, 6) is 0.962. The van der Waals surface area contributed by atoms with E-state index in [4.69, 9.17) is 27.9 Å². The van der Waals surface area contributed by atoms with Gasteiger partial charge in [0.15, 0.2) is 0 Å². The van der Waals surface area contributed by atoms with Gasteiger partial charge in [0, 0.05) is 22.0 Å². The van der Waals surface area contributed by atoms with Gasteiger partial charge in [-0.15, -0.1) is 0 Å². The van der Waals surface area contributed by atoms with E-state index in [1.807, 2.05) is 31.2 Å². The SMILES string of the molecule is Cc1cc(C(Br)c2cc(Cl)cc3c2OCC3)ccc1Cl. The Bertz CT molecular complexity index is 670. The highest BCUT2D eigenvalue weighted by atomic mass is 79.9. The summed E-state index contributed by atoms with van der Waals surface area (Å²) in [5.41, 5.74) is 4.47. The van der Waals surface area contributed by atoms with Gasteiger partial charge in [0.1, 0.15) is 5.75 Å². The molecule has 1 atom stereocenters. The molecule has 0 saturated heterocycles. The standard InChI is InChI=1S/C16H13BrCl2O/c1-9-6-10(2-3-14(9)19)15(17)13-8-12(18)7-11-4-5-20-16(11)13/h2-3,6-8,15H,4-5H2,1H3. The van der Waals surface area contributed by atoms with Gasteiger partial charge in [0.05, 0.1) is 11.4 Å². The van der Waals surface area contributed by atoms with Crippen LogP contribution in [0.25, 0.3) is 0 Å². The van der Waals surface area contributed by atoms with Crippen molar-refractivity contribution in [2.75, 3.05) is 6.61 Å². The summed E-state index contributed by atoms with van der Waals surface area (Å²) in [7, 11) is 0. The summed E-state index contributed by atoms with van der Waals surface area (Å²) < 4.78 is 5.77. The first-order chi connectivity index (χ1) is 9.56. The Kier molecular flexibility index (Phi) is 3.98. The zero-order valence-corrected chi connectivity index (χ0v) is 14.0. The van der Waals surface area contributed by atoms with Crippen molar-refractivity contribution in [1.29, 1.82) is 0 Å². The highest BCUT2D eigenvalue weighted by Gasteiger charge is 2.23. The van der Waals surface area contributed by atoms with Crippen LogP contribution in [0.5, 0.6) is 5.75 Å². The van der Waals surface area contributed by atoms with Gasteiger partial charge in [0.2, 0.25) is 0 Å². The van der Waals surface area contributed by atoms with E-state index < -0.39 is 0 Å². The molecule has 1 nitrogen and oxygen atoms in total. The second kappa shape index (κ2) is 5.59. The molecule has 1 heterocycles. The Morgan fingerprint density at radius 2 is 2.00 bits per heavy atom. The van der Waals surface area contributed by atoms with Crippen LogP contribution in [0.4, 0.5) is 0 Å². The van der Waals surface area contributed by atoms with E-state index in [1.165, 1.54) is 5.56 Å². The molecule has 0 aliphatic carbocycles. The lowest BCUT2D eigenvalue weighted by Gasteiger charge is -2.16. The molecule has 0 radical (unpaired) electrons. The number of ether oxygens (including phenoxy) is 1. The monoisotopic (exact) mass is 370 g/mol. The number of hydrogen-bond acceptors (Lipinski definition) is 1. The fourth-order valence-corrected chi connectivity index (χ4v) is 3.48. The Hall–Kier alpha value is -0.700. The summed E-state index contributed by atoms with van der Waals surface area (Å²) in [6.07, 6.45) is 0.919. The van der Waals surface area contributed by atoms with Crippen molar-refractivity contribution in [2.24, 2.45) is 0 Å². The van der Waals surface area contributed by atoms with Gasteiger partial charge in [-0.05, 0) is 41.8 Å². The first-order valence-electron chi connectivity index (χ1n) is 6.41. The van der Waals surface area contributed by atoms with Gasteiger partial charge in [-0.1, -0.05) is 51.3 Å². The predicted molar refractivity (Wildman–Crippen MR) is 87.6 cm³/mol. The Labute approximate surface area is 137 Å². The summed E-state index contributed by atoms with van der Waals surface area (Å²) in [6, 6.07) is 9.99. The lowest BCUT2D eigenvalue weighted by atomic mass is 10.00. The van der Waals surface area contributed by atoms with Crippen molar-refractivity contribution < 1.29 is 4.74 Å². The summed E-state index contributed by atoms with van der Waals surface area (Å²) >= 11 is 16.1. The van der Waals surface area contributed by atoms with Crippen LogP contribution in [0, 0.1) is 6.92 Å². The first-order valence-corrected chi connectivity index (χ1v) is 8.08. The average Bonchev–Trinajstić information content (AvgIpc) is 2.88. The molecule has 104 valence electrons. The highest BCUT2D eigenvalue weighted by Crippen LogP contribution is 2.42. The minimum Gasteiger partial charge on any atom is -0.493 e. The molecule has 0 fully saturated rings. The molecule has 0 amide bonds. The molecule has 0 bridgehead atoms. The zero-order valence-electron chi connectivity index (χ0n) is 10.9. The lowest BCUT2D eigenvalue weighted by Crippen LogP contribution is -1.97. The van der Waals surface area contributed by atoms with E-state index in [2.05, 4.69) is 22.0 Å². The maximum atomic E-state index is 6.22. The van der Waals surface area contributed by atoms with Crippen LogP contribution in [-0.2, 0) is 6.42 Å². The topological polar surface area (TPSA) is 9.23 Å². The summed E-state index contributed by atoms with van der Waals surface area (Å²) in [4.78, 5) is 0.0454. The number of halogens is 3. The third-order valence-electron chi connectivity index (χ3n) is 3.52. The van der Waals surface area contributed by atoms with Crippen molar-refractivity contribution in [3.05, 3.63) is 62.6 Å². The van der Waals surface area contributed by atoms with E-state index in [-0.39, 0.29) is 4.83 Å². The number of alkyl halides is 1. The maximum Gasteiger partial charge on any atom is 0.127 e. The average molecular weight is 372 g/mol. The number of aryl methyl sites for hydroxylation is 1. The van der Waals surface area contributed by atoms with Crippen LogP contribution in [0.3, 0.4) is 0 Å². The molecule has 1 aliphatic rings. The molecule has 2 aromatic carbocycles. The van der Waals surface area contributed by atoms with E-state index >= 15 is 0 Å². The second-order valence-electron chi connectivity index (χ2n) is 4.95. The van der Waals surface area contributed by atoms with Gasteiger partial charge in [-0.2, -0.15) is 0 Å². The number of fused-ring (bicyclic) bond motifs is 1. The normalized spacial score (nSPS) is 14.8. The lowest BCUT2D eigenvalue weighted by molar-refractivity contribution is 0.354. The molecule has 0 saturated carbocycles. The molecule has 0 spiro atoms. The Balaban J connectivity index is 2.06. The van der Waals surface area contributed by atoms with E-state index in [9.17, 15) is 0 Å². The highest BCUT2D eigenvalue weighted by molar-refractivity contribution is 9.09. The fourth-order valence-electron chi connectivity index (χ4n) is 2.49. The van der Waals surface area contributed by atoms with Crippen LogP contribution in [0.1, 0.15) is 27.1 Å². The molecule has 2 aromatic rings. The molecular weight excluding hydrogens is 359 g/mol. The van der Waals surface area contributed by atoms with Crippen molar-refractivity contribution in [2.45, 2.75) is 18.2 Å². The van der Waals surface area contributed by atoms with Crippen molar-refractivity contribution in [3.8, 4) is 5.75 Å². The van der Waals surface area contributed by atoms with Crippen LogP contribution < -0.4 is 4.74 Å². The summed E-state index contributed by atoms with van der Waals surface area (Å²) in [5, 5.41) is 1.53. The van der Waals surface area contributed by atoms with Crippen molar-refractivity contribution in [1.82, 2.24) is 0 Å². The molecule has 3 rings (SSSR count). The summed E-state index contributed by atoms with van der Waals surface area (Å²) in [6.45, 7) is 2.73. The quantitative estimate of drug-likeness (QED) is 0.613. The maximum absolute atomic E-state index is 6.22. The molecule has 0 aromatic heterocycles. The zero-order chi connectivity index (χ0) is 14.3. The van der Waals surface area contributed by atoms with Crippen LogP contribution in [0.15, 0.2) is 30.3 Å². The van der Waals surface area contributed by atoms with E-state index in [1.54, 1.807) is 0 Å². The molecular formula is C16H13BrCl2O. The van der Waals surface area contributed by atoms with E-state index in [0.29, 0.717) is 0 Å². The number of rotatable bonds is 2. The number of hydrogen-bond donors (Lipinski definition) is 0. The van der Waals surface area contributed by atoms with Gasteiger partial charge in [0.25, 0.3) is 0 Å². The third-order valence-corrected chi connectivity index (χ3v) is 5.19. The second-order valence-corrected chi connectivity index (χ2v) is 6.71. The number of benzene rings is 2. The Morgan fingerprint density at radius 3 is 2.75 bits per heavy atom. The van der Waals surface area contributed by atoms with Crippen molar-refractivity contribution in [3.63, 3.8) is 0 Å². The fraction of sp³-hybridized carbons (Fsp3) is 0.250. The van der Waals surface area contributed by atoms with E-state index in [0.717, 1.165) is 45.5 Å². The van der Waals surface area contributed by atoms with Crippen LogP contribution in [-0.4, -0.2) is 6.61 Å². The predicted octanol–water partition coefficient (Wildman–Crippen LogP) is 5.72. The van der Waals surface area contributed by atoms with Crippen LogP contribution >= 0.6 is 39.1 Å². The van der Waals surface area contributed by atoms with Gasteiger partial charge < -0.3 is 4.74 Å². The molecule has 20 heavy (non-hydrogen) atoms. The third kappa shape index (κ3) is 2.57. The Morgan fingerprint density at radius 1 is 1.20 bits per heavy atom. The minimum absolute atomic E-state index is 0.0454. The minimum atomic E-state index is 0.0454. The van der Waals surface area contributed by atoms with Gasteiger partial charge in [-0.25, -0.2) is 0 Å². The van der Waals surface area contributed by atoms with Crippen molar-refractivity contribution >= 4 is 39.1 Å². The van der Waals surface area contributed by atoms with Gasteiger partial charge >= 0.3 is 0 Å².